The molecule has 0 spiro atoms. The number of nitrogens with zero attached hydrogens (tertiary/aromatic N) is 6. The number of thioether (sulfide) groups is 2. The molecule has 0 bridgehead atoms. The Labute approximate surface area is 264 Å². The Morgan fingerprint density at radius 1 is 1.09 bits per heavy atom. The zero-order valence-electron chi connectivity index (χ0n) is 24.5. The van der Waals surface area contributed by atoms with Gasteiger partial charge < -0.3 is 10.2 Å². The van der Waals surface area contributed by atoms with Crippen LogP contribution in [0, 0.1) is 5.82 Å². The van der Waals surface area contributed by atoms with Gasteiger partial charge in [-0.1, -0.05) is 25.6 Å². The Bertz CT molecular complexity index is 1760. The third-order valence-corrected chi connectivity index (χ3v) is 8.29. The second-order valence-corrected chi connectivity index (χ2v) is 12.5. The largest absolute Gasteiger partial charge is 0.446 e. The number of carbonyl (C=O) groups is 2. The molecule has 5 rings (SSSR count). The third-order valence-electron chi connectivity index (χ3n) is 6.62. The Morgan fingerprint density at radius 3 is 2.40 bits per heavy atom. The number of halogens is 4. The molecule has 1 fully saturated rings. The molecule has 0 aliphatic carbocycles. The van der Waals surface area contributed by atoms with Crippen LogP contribution in [0.1, 0.15) is 25.3 Å². The average Bonchev–Trinajstić information content (AvgIpc) is 3.60. The predicted molar refractivity (Wildman–Crippen MR) is 170 cm³/mol. The standard InChI is InChI=1S/C30H27F4N7O2S2/c1-17(2)22-13-23(31)25(39(3)4)14-24(22)41-26(42)15-44-29(41)37-28(43)36-19-7-5-18(6-8-19)27-35-16-40(38-27)20-9-11-21(12-10-20)45-30(32,33)34/h5-14,16-17H,15H2,1-4H3,(H,36,43). The SMILES string of the molecule is CC(C)c1cc(F)c(N(C)C)cc1N1C(=O)CSC1=NC(=O)Nc1ccc(-c2ncn(-c3ccc(SC(F)(F)F)cc3)n2)cc1. The molecule has 3 amide bonds. The summed E-state index contributed by atoms with van der Waals surface area (Å²) in [5.74, 6) is -0.316. The lowest BCUT2D eigenvalue weighted by atomic mass is 9.99. The van der Waals surface area contributed by atoms with Gasteiger partial charge >= 0.3 is 11.5 Å². The van der Waals surface area contributed by atoms with Crippen LogP contribution in [0.15, 0.2) is 76.9 Å². The molecular weight excluding hydrogens is 631 g/mol. The molecule has 234 valence electrons. The van der Waals surface area contributed by atoms with E-state index < -0.39 is 17.4 Å². The fourth-order valence-corrected chi connectivity index (χ4v) is 5.91. The van der Waals surface area contributed by atoms with Crippen molar-refractivity contribution in [3.05, 3.63) is 78.4 Å². The van der Waals surface area contributed by atoms with E-state index in [0.717, 1.165) is 11.8 Å². The van der Waals surface area contributed by atoms with E-state index in [1.807, 2.05) is 13.8 Å². The van der Waals surface area contributed by atoms with Crippen molar-refractivity contribution in [3.8, 4) is 17.1 Å². The van der Waals surface area contributed by atoms with Crippen molar-refractivity contribution in [1.29, 1.82) is 0 Å². The number of rotatable bonds is 7. The van der Waals surface area contributed by atoms with Crippen molar-refractivity contribution < 1.29 is 27.2 Å². The van der Waals surface area contributed by atoms with Gasteiger partial charge in [0.05, 0.1) is 22.8 Å². The number of hydrogen-bond donors (Lipinski definition) is 1. The minimum atomic E-state index is -4.37. The highest BCUT2D eigenvalue weighted by atomic mass is 32.2. The first-order chi connectivity index (χ1) is 21.3. The van der Waals surface area contributed by atoms with Crippen molar-refractivity contribution in [2.45, 2.75) is 30.2 Å². The molecule has 9 nitrogen and oxygen atoms in total. The lowest BCUT2D eigenvalue weighted by molar-refractivity contribution is -0.115. The fourth-order valence-electron chi connectivity index (χ4n) is 4.51. The van der Waals surface area contributed by atoms with Gasteiger partial charge in [0.1, 0.15) is 12.1 Å². The summed E-state index contributed by atoms with van der Waals surface area (Å²) < 4.78 is 54.0. The summed E-state index contributed by atoms with van der Waals surface area (Å²) in [7, 11) is 3.41. The van der Waals surface area contributed by atoms with Crippen LogP contribution in [-0.4, -0.2) is 57.2 Å². The summed E-state index contributed by atoms with van der Waals surface area (Å²) in [5, 5.41) is 7.28. The Morgan fingerprint density at radius 2 is 1.78 bits per heavy atom. The highest BCUT2D eigenvalue weighted by Crippen LogP contribution is 2.38. The minimum absolute atomic E-state index is 0.0643. The maximum atomic E-state index is 14.8. The first-order valence-electron chi connectivity index (χ1n) is 13.5. The number of amidine groups is 1. The number of carbonyl (C=O) groups excluding carboxylic acids is 2. The van der Waals surface area contributed by atoms with E-state index in [2.05, 4.69) is 20.4 Å². The predicted octanol–water partition coefficient (Wildman–Crippen LogP) is 7.54. The molecule has 0 unspecified atom stereocenters. The van der Waals surface area contributed by atoms with Crippen LogP contribution in [0.25, 0.3) is 17.1 Å². The number of aliphatic imine (C=N–C) groups is 1. The van der Waals surface area contributed by atoms with E-state index >= 15 is 0 Å². The zero-order valence-corrected chi connectivity index (χ0v) is 26.1. The topological polar surface area (TPSA) is 95.7 Å². The number of amides is 3. The highest BCUT2D eigenvalue weighted by Gasteiger charge is 2.33. The van der Waals surface area contributed by atoms with Gasteiger partial charge in [0.15, 0.2) is 11.0 Å². The molecule has 0 saturated carbocycles. The number of nitrogens with one attached hydrogen (secondary N) is 1. The molecule has 1 aliphatic heterocycles. The van der Waals surface area contributed by atoms with E-state index in [1.54, 1.807) is 49.3 Å². The molecule has 1 aliphatic rings. The van der Waals surface area contributed by atoms with Crippen molar-refractivity contribution in [2.75, 3.05) is 35.0 Å². The van der Waals surface area contributed by atoms with E-state index in [4.69, 9.17) is 0 Å². The van der Waals surface area contributed by atoms with Gasteiger partial charge in [-0.05, 0) is 83.9 Å². The summed E-state index contributed by atoms with van der Waals surface area (Å²) in [6.45, 7) is 3.79. The molecule has 45 heavy (non-hydrogen) atoms. The smallest absolute Gasteiger partial charge is 0.375 e. The summed E-state index contributed by atoms with van der Waals surface area (Å²) in [4.78, 5) is 37.3. The monoisotopic (exact) mass is 657 g/mol. The number of alkyl halides is 3. The third kappa shape index (κ3) is 7.48. The van der Waals surface area contributed by atoms with Crippen LogP contribution < -0.4 is 15.1 Å². The Hall–Kier alpha value is -4.37. The van der Waals surface area contributed by atoms with E-state index in [9.17, 15) is 27.2 Å². The van der Waals surface area contributed by atoms with Crippen LogP contribution in [0.5, 0.6) is 0 Å². The number of anilines is 3. The second kappa shape index (κ2) is 12.9. The summed E-state index contributed by atoms with van der Waals surface area (Å²) in [6.07, 6.45) is 1.45. The first kappa shape index (κ1) is 32.0. The number of aromatic nitrogens is 3. The molecule has 4 aromatic rings. The van der Waals surface area contributed by atoms with E-state index in [0.29, 0.717) is 39.7 Å². The van der Waals surface area contributed by atoms with E-state index in [-0.39, 0.29) is 39.4 Å². The van der Waals surface area contributed by atoms with Gasteiger partial charge in [-0.2, -0.15) is 18.2 Å². The van der Waals surface area contributed by atoms with Gasteiger partial charge in [-0.3, -0.25) is 9.69 Å². The average molecular weight is 658 g/mol. The lowest BCUT2D eigenvalue weighted by Gasteiger charge is -2.24. The summed E-state index contributed by atoms with van der Waals surface area (Å²) in [5.41, 5.74) is -1.35. The van der Waals surface area contributed by atoms with Crippen LogP contribution in [0.2, 0.25) is 0 Å². The van der Waals surface area contributed by atoms with Gasteiger partial charge in [-0.25, -0.2) is 18.9 Å². The molecule has 1 N–H and O–H groups in total. The quantitative estimate of drug-likeness (QED) is 0.162. The highest BCUT2D eigenvalue weighted by molar-refractivity contribution is 8.15. The van der Waals surface area contributed by atoms with Crippen LogP contribution in [-0.2, 0) is 4.79 Å². The minimum Gasteiger partial charge on any atom is -0.375 e. The van der Waals surface area contributed by atoms with Crippen LogP contribution in [0.4, 0.5) is 39.4 Å². The Balaban J connectivity index is 1.30. The second-order valence-electron chi connectivity index (χ2n) is 10.4. The number of benzene rings is 3. The van der Waals surface area contributed by atoms with Crippen molar-refractivity contribution in [3.63, 3.8) is 0 Å². The van der Waals surface area contributed by atoms with Gasteiger partial charge in [0.25, 0.3) is 0 Å². The van der Waals surface area contributed by atoms with Gasteiger partial charge in [0, 0.05) is 30.2 Å². The van der Waals surface area contributed by atoms with Crippen LogP contribution >= 0.6 is 23.5 Å². The van der Waals surface area contributed by atoms with E-state index in [1.165, 1.54) is 46.2 Å². The number of hydrogen-bond acceptors (Lipinski definition) is 7. The maximum absolute atomic E-state index is 14.8. The first-order valence-corrected chi connectivity index (χ1v) is 15.3. The molecule has 1 saturated heterocycles. The summed E-state index contributed by atoms with van der Waals surface area (Å²) in [6, 6.07) is 14.7. The molecule has 0 radical (unpaired) electrons. The molecule has 1 aromatic heterocycles. The molecule has 0 atom stereocenters. The molecule has 2 heterocycles. The van der Waals surface area contributed by atoms with Crippen LogP contribution in [0.3, 0.4) is 0 Å². The van der Waals surface area contributed by atoms with Gasteiger partial charge in [0.2, 0.25) is 5.91 Å². The molecule has 15 heteroatoms. The van der Waals surface area contributed by atoms with Crippen molar-refractivity contribution in [2.24, 2.45) is 4.99 Å². The lowest BCUT2D eigenvalue weighted by Crippen LogP contribution is -2.31. The Kier molecular flexibility index (Phi) is 9.20. The zero-order chi connectivity index (χ0) is 32.5. The normalized spacial score (nSPS) is 14.5. The van der Waals surface area contributed by atoms with Crippen molar-refractivity contribution >= 4 is 57.7 Å². The number of urea groups is 1. The van der Waals surface area contributed by atoms with Gasteiger partial charge in [-0.15, -0.1) is 5.10 Å². The summed E-state index contributed by atoms with van der Waals surface area (Å²) >= 11 is 0.930. The maximum Gasteiger partial charge on any atom is 0.446 e. The van der Waals surface area contributed by atoms with Crippen molar-refractivity contribution in [1.82, 2.24) is 14.8 Å². The molecular formula is C30H27F4N7O2S2. The molecule has 3 aromatic carbocycles. The fraction of sp³-hybridized carbons (Fsp3) is 0.233.